The molecule has 0 spiro atoms. The van der Waals surface area contributed by atoms with Crippen molar-refractivity contribution in [3.8, 4) is 0 Å². The van der Waals surface area contributed by atoms with Crippen LogP contribution in [-0.4, -0.2) is 12.5 Å². The van der Waals surface area contributed by atoms with E-state index in [1.54, 1.807) is 15.9 Å². The van der Waals surface area contributed by atoms with Crippen molar-refractivity contribution in [2.45, 2.75) is 74.8 Å². The van der Waals surface area contributed by atoms with Gasteiger partial charge in [0.1, 0.15) is 0 Å². The Morgan fingerprint density at radius 3 is 1.71 bits per heavy atom. The summed E-state index contributed by atoms with van der Waals surface area (Å²) < 4.78 is 4.99. The maximum Gasteiger partial charge on any atom is -1.00 e. The summed E-state index contributed by atoms with van der Waals surface area (Å²) in [5.41, 5.74) is 3.03. The number of benzene rings is 3. The second-order valence-electron chi connectivity index (χ2n) is 10.3. The van der Waals surface area contributed by atoms with Crippen molar-refractivity contribution < 1.29 is 45.7 Å². The first kappa shape index (κ1) is 33.2. The number of nitrogens with one attached hydrogen (secondary N) is 1. The molecule has 4 rings (SSSR count). The zero-order chi connectivity index (χ0) is 24.8. The Kier molecular flexibility index (Phi) is 16.8. The number of unbranched alkanes of at least 4 members (excludes halogenated alkanes) is 9. The van der Waals surface area contributed by atoms with E-state index in [0.29, 0.717) is 3.67 Å². The van der Waals surface area contributed by atoms with Gasteiger partial charge < -0.3 is 24.8 Å². The standard InChI is InChI=1S/C12H26N.C12H11Si.C9H7.2ClH.Hf/c1-2-3-4-5-6-7-8-9-10-11-12-13;1-3-7-11(8-4-1)13-12-9-5-2-6-10-12;1-2-5-9-7-3-6-8(9)4-1;;;/h13H,2-12H2,1H3;1-10,13H;1-7H;2*1H;/q-1;;;;;+3/p-2. The maximum absolute atomic E-state index is 4.35. The van der Waals surface area contributed by atoms with Gasteiger partial charge in [0.25, 0.3) is 0 Å². The molecule has 3 aromatic carbocycles. The Labute approximate surface area is 253 Å². The van der Waals surface area contributed by atoms with E-state index in [9.17, 15) is 0 Å². The molecule has 0 amide bonds. The fourth-order valence-corrected chi connectivity index (χ4v) is 35.7. The molecule has 0 radical (unpaired) electrons. The molecular weight excluding hydrogens is 688 g/mol. The van der Waals surface area contributed by atoms with Crippen LogP contribution >= 0.6 is 0 Å². The first-order valence-corrected chi connectivity index (χ1v) is 26.2. The largest absolute Gasteiger partial charge is 1.00 e. The zero-order valence-corrected chi connectivity index (χ0v) is 29.2. The predicted molar refractivity (Wildman–Crippen MR) is 157 cm³/mol. The molecule has 1 nitrogen and oxygen atoms in total. The third kappa shape index (κ3) is 9.89. The molecule has 1 atom stereocenters. The molecule has 0 saturated carbocycles. The van der Waals surface area contributed by atoms with Gasteiger partial charge in [-0.3, -0.25) is 0 Å². The summed E-state index contributed by atoms with van der Waals surface area (Å²) >= 11 is -2.34. The van der Waals surface area contributed by atoms with Crippen molar-refractivity contribution in [2.75, 3.05) is 6.54 Å². The molecule has 3 aromatic rings. The van der Waals surface area contributed by atoms with E-state index in [2.05, 4.69) is 107 Å². The van der Waals surface area contributed by atoms with Crippen LogP contribution in [0.15, 0.2) is 91.0 Å². The molecular formula is C33H44Cl2HfNSi. The van der Waals surface area contributed by atoms with Gasteiger partial charge >= 0.3 is 223 Å². The van der Waals surface area contributed by atoms with Crippen LogP contribution in [0, 0.1) is 0 Å². The van der Waals surface area contributed by atoms with Gasteiger partial charge in [-0.2, -0.15) is 0 Å². The number of rotatable bonds is 16. The Bertz CT molecular complexity index is 1010. The molecule has 0 saturated heterocycles. The van der Waals surface area contributed by atoms with Gasteiger partial charge in [-0.05, 0) is 0 Å². The molecule has 0 aromatic heterocycles. The molecule has 38 heavy (non-hydrogen) atoms. The molecule has 0 aliphatic heterocycles. The third-order valence-corrected chi connectivity index (χ3v) is 35.4. The molecule has 1 aliphatic carbocycles. The number of hydrogen-bond donors (Lipinski definition) is 1. The summed E-state index contributed by atoms with van der Waals surface area (Å²) in [5, 5.41) is 3.25. The molecule has 0 fully saturated rings. The molecule has 1 N–H and O–H groups in total. The number of hydrogen-bond acceptors (Lipinski definition) is 1. The van der Waals surface area contributed by atoms with E-state index >= 15 is 0 Å². The molecule has 1 unspecified atom stereocenters. The average molecular weight is 732 g/mol. The number of halogens is 2. The zero-order valence-electron chi connectivity index (χ0n) is 22.9. The SMILES string of the molecule is CCCCCCCCCCCC[NH][Hf+2]([CH]1C=Cc2ccccc21)[SiH](c1ccccc1)c1ccccc1.[Cl-].[Cl-]. The van der Waals surface area contributed by atoms with E-state index in [1.807, 2.05) is 0 Å². The van der Waals surface area contributed by atoms with Crippen molar-refractivity contribution in [3.63, 3.8) is 0 Å². The molecule has 0 bridgehead atoms. The van der Waals surface area contributed by atoms with Gasteiger partial charge in [0, 0.05) is 0 Å². The van der Waals surface area contributed by atoms with Gasteiger partial charge in [0.15, 0.2) is 0 Å². The van der Waals surface area contributed by atoms with Gasteiger partial charge in [0.05, 0.1) is 0 Å². The minimum absolute atomic E-state index is 0. The molecule has 0 heterocycles. The number of fused-ring (bicyclic) bond motifs is 1. The second kappa shape index (κ2) is 19.2. The summed E-state index contributed by atoms with van der Waals surface area (Å²) in [5.74, 6) is -1.31. The van der Waals surface area contributed by atoms with Crippen molar-refractivity contribution >= 4 is 22.4 Å². The van der Waals surface area contributed by atoms with Crippen LogP contribution in [0.3, 0.4) is 0 Å². The smallest absolute Gasteiger partial charge is 1.00 e. The summed E-state index contributed by atoms with van der Waals surface area (Å²) in [7, 11) is 0. The van der Waals surface area contributed by atoms with Crippen LogP contribution in [0.2, 0.25) is 0 Å². The van der Waals surface area contributed by atoms with Gasteiger partial charge in [-0.1, -0.05) is 6.92 Å². The number of allylic oxidation sites excluding steroid dienone is 1. The predicted octanol–water partition coefficient (Wildman–Crippen LogP) is 1.34. The maximum atomic E-state index is 4.35. The van der Waals surface area contributed by atoms with Crippen molar-refractivity contribution in [1.82, 2.24) is 3.30 Å². The average Bonchev–Trinajstić information content (AvgIpc) is 3.36. The Hall–Kier alpha value is -0.973. The van der Waals surface area contributed by atoms with Gasteiger partial charge in [-0.25, -0.2) is 0 Å². The second-order valence-corrected chi connectivity index (χ2v) is 30.6. The van der Waals surface area contributed by atoms with Crippen LogP contribution in [-0.2, 0) is 20.9 Å². The topological polar surface area (TPSA) is 12.0 Å². The van der Waals surface area contributed by atoms with Crippen LogP contribution in [0.4, 0.5) is 0 Å². The fourth-order valence-electron chi connectivity index (χ4n) is 5.60. The van der Waals surface area contributed by atoms with E-state index in [-0.39, 0.29) is 24.8 Å². The molecule has 1 aliphatic rings. The van der Waals surface area contributed by atoms with Crippen LogP contribution in [0.1, 0.15) is 85.9 Å². The van der Waals surface area contributed by atoms with Crippen LogP contribution in [0.25, 0.3) is 6.08 Å². The first-order valence-electron chi connectivity index (χ1n) is 14.4. The summed E-state index contributed by atoms with van der Waals surface area (Å²) in [4.78, 5) is 0. The normalized spacial score (nSPS) is 13.6. The molecule has 203 valence electrons. The minimum Gasteiger partial charge on any atom is -1.00 e. The Balaban J connectivity index is 0.00000253. The summed E-state index contributed by atoms with van der Waals surface area (Å²) in [6.07, 6.45) is 19.0. The van der Waals surface area contributed by atoms with E-state index < -0.39 is 26.9 Å². The van der Waals surface area contributed by atoms with E-state index in [1.165, 1.54) is 76.3 Å². The van der Waals surface area contributed by atoms with E-state index in [0.717, 1.165) is 0 Å². The monoisotopic (exact) mass is 732 g/mol. The van der Waals surface area contributed by atoms with E-state index in [4.69, 9.17) is 0 Å². The summed E-state index contributed by atoms with van der Waals surface area (Å²) in [6, 6.07) is 32.2. The third-order valence-electron chi connectivity index (χ3n) is 7.57. The fraction of sp³-hybridized carbons (Fsp3) is 0.394. The first-order chi connectivity index (χ1) is 17.9. The van der Waals surface area contributed by atoms with Crippen molar-refractivity contribution in [2.24, 2.45) is 0 Å². The summed E-state index contributed by atoms with van der Waals surface area (Å²) in [6.45, 7) is 3.50. The Morgan fingerprint density at radius 1 is 0.632 bits per heavy atom. The van der Waals surface area contributed by atoms with Crippen LogP contribution in [0.5, 0.6) is 0 Å². The molecule has 5 heteroatoms. The van der Waals surface area contributed by atoms with Crippen molar-refractivity contribution in [3.05, 3.63) is 102 Å². The Morgan fingerprint density at radius 2 is 1.13 bits per heavy atom. The van der Waals surface area contributed by atoms with Crippen molar-refractivity contribution in [1.29, 1.82) is 0 Å². The van der Waals surface area contributed by atoms with Gasteiger partial charge in [0.2, 0.25) is 0 Å². The van der Waals surface area contributed by atoms with Gasteiger partial charge in [-0.15, -0.1) is 0 Å². The van der Waals surface area contributed by atoms with Crippen LogP contribution < -0.4 is 38.5 Å². The minimum atomic E-state index is -2.34. The quantitative estimate of drug-likeness (QED) is 0.174.